The third-order valence-corrected chi connectivity index (χ3v) is 5.77. The van der Waals surface area contributed by atoms with E-state index in [4.69, 9.17) is 21.7 Å². The highest BCUT2D eigenvalue weighted by atomic mass is 35.5. The van der Waals surface area contributed by atoms with Crippen molar-refractivity contribution in [2.75, 3.05) is 45.3 Å². The molecule has 0 spiro atoms. The van der Waals surface area contributed by atoms with Crippen molar-refractivity contribution in [3.8, 4) is 11.5 Å². The third kappa shape index (κ3) is 6.25. The predicted molar refractivity (Wildman–Crippen MR) is 139 cm³/mol. The zero-order chi connectivity index (χ0) is 21.6. The smallest absolute Gasteiger partial charge is 0.169 e. The Bertz CT molecular complexity index is 1060. The molecule has 1 aliphatic rings. The van der Waals surface area contributed by atoms with Crippen LogP contribution in [0.4, 0.5) is 5.82 Å². The summed E-state index contributed by atoms with van der Waals surface area (Å²) in [6, 6.07) is 7.81. The second kappa shape index (κ2) is 12.6. The molecule has 0 saturated carbocycles. The Morgan fingerprint density at radius 2 is 1.85 bits per heavy atom. The number of halogens is 2. The number of fused-ring (bicyclic) bond motifs is 1. The van der Waals surface area contributed by atoms with Gasteiger partial charge in [0.15, 0.2) is 16.6 Å². The maximum Gasteiger partial charge on any atom is 0.169 e. The van der Waals surface area contributed by atoms with Crippen molar-refractivity contribution in [1.29, 1.82) is 0 Å². The lowest BCUT2D eigenvalue weighted by atomic mass is 10.2. The van der Waals surface area contributed by atoms with Crippen LogP contribution in [0.25, 0.3) is 10.9 Å². The fourth-order valence-electron chi connectivity index (χ4n) is 3.75. The Morgan fingerprint density at radius 1 is 1.06 bits per heavy atom. The summed E-state index contributed by atoms with van der Waals surface area (Å²) in [6.45, 7) is 4.09. The van der Waals surface area contributed by atoms with Crippen LogP contribution in [-0.2, 0) is 6.54 Å². The van der Waals surface area contributed by atoms with Crippen molar-refractivity contribution in [3.05, 3.63) is 48.5 Å². The van der Waals surface area contributed by atoms with Crippen LogP contribution in [0.3, 0.4) is 0 Å². The summed E-state index contributed by atoms with van der Waals surface area (Å²) >= 11 is 5.65. The molecule has 3 aromatic rings. The average molecular weight is 511 g/mol. The topological polar surface area (TPSA) is 75.6 Å². The number of pyridine rings is 1. The van der Waals surface area contributed by atoms with Crippen LogP contribution in [0, 0.1) is 0 Å². The normalized spacial score (nSPS) is 13.4. The molecule has 1 saturated heterocycles. The molecule has 2 aromatic heterocycles. The highest BCUT2D eigenvalue weighted by Crippen LogP contribution is 2.34. The molecule has 8 nitrogen and oxygen atoms in total. The van der Waals surface area contributed by atoms with Crippen LogP contribution in [0.2, 0.25) is 0 Å². The van der Waals surface area contributed by atoms with E-state index in [9.17, 15) is 0 Å². The number of rotatable bonds is 5. The zero-order valence-corrected chi connectivity index (χ0v) is 21.0. The van der Waals surface area contributed by atoms with Gasteiger partial charge in [-0.3, -0.25) is 4.98 Å². The Kier molecular flexibility index (Phi) is 10.1. The van der Waals surface area contributed by atoms with Gasteiger partial charge >= 0.3 is 0 Å². The van der Waals surface area contributed by atoms with Gasteiger partial charge in [-0.25, -0.2) is 9.97 Å². The van der Waals surface area contributed by atoms with Crippen LogP contribution < -0.4 is 19.7 Å². The monoisotopic (exact) mass is 510 g/mol. The van der Waals surface area contributed by atoms with E-state index < -0.39 is 0 Å². The summed E-state index contributed by atoms with van der Waals surface area (Å²) in [7, 11) is 3.26. The van der Waals surface area contributed by atoms with Gasteiger partial charge in [0.05, 0.1) is 19.7 Å². The molecule has 1 aliphatic heterocycles. The minimum absolute atomic E-state index is 0. The zero-order valence-electron chi connectivity index (χ0n) is 18.6. The van der Waals surface area contributed by atoms with E-state index in [1.54, 1.807) is 26.7 Å². The van der Waals surface area contributed by atoms with Crippen molar-refractivity contribution < 1.29 is 9.47 Å². The van der Waals surface area contributed by atoms with Crippen molar-refractivity contribution in [3.63, 3.8) is 0 Å². The van der Waals surface area contributed by atoms with Crippen LogP contribution in [0.5, 0.6) is 11.5 Å². The van der Waals surface area contributed by atoms with Crippen LogP contribution >= 0.6 is 37.0 Å². The number of methoxy groups -OCH3 is 2. The van der Waals surface area contributed by atoms with Crippen LogP contribution in [0.1, 0.15) is 12.0 Å². The number of benzene rings is 1. The van der Waals surface area contributed by atoms with Crippen molar-refractivity contribution in [2.45, 2.75) is 13.0 Å². The molecular weight excluding hydrogens is 483 g/mol. The molecule has 33 heavy (non-hydrogen) atoms. The van der Waals surface area contributed by atoms with Gasteiger partial charge in [0.25, 0.3) is 0 Å². The molecule has 0 atom stereocenters. The van der Waals surface area contributed by atoms with Crippen LogP contribution in [-0.4, -0.2) is 65.4 Å². The summed E-state index contributed by atoms with van der Waals surface area (Å²) in [5.74, 6) is 2.23. The second-order valence-electron chi connectivity index (χ2n) is 7.27. The molecule has 1 N–H and O–H groups in total. The molecular formula is C22H28Cl2N6O2S. The fourth-order valence-corrected chi connectivity index (χ4v) is 4.00. The van der Waals surface area contributed by atoms with Gasteiger partial charge < -0.3 is 24.6 Å². The van der Waals surface area contributed by atoms with Gasteiger partial charge in [-0.2, -0.15) is 0 Å². The summed E-state index contributed by atoms with van der Waals surface area (Å²) in [4.78, 5) is 17.7. The summed E-state index contributed by atoms with van der Waals surface area (Å²) in [5.41, 5.74) is 1.94. The molecule has 1 aromatic carbocycles. The molecule has 4 rings (SSSR count). The highest BCUT2D eigenvalue weighted by Gasteiger charge is 2.20. The fraction of sp³-hybridized carbons (Fsp3) is 0.364. The Hall–Kier alpha value is -2.62. The van der Waals surface area contributed by atoms with Crippen molar-refractivity contribution >= 4 is 58.9 Å². The average Bonchev–Trinajstić information content (AvgIpc) is 3.08. The number of aromatic nitrogens is 3. The van der Waals surface area contributed by atoms with Gasteiger partial charge in [-0.15, -0.1) is 24.8 Å². The van der Waals surface area contributed by atoms with E-state index in [1.807, 2.05) is 30.5 Å². The van der Waals surface area contributed by atoms with E-state index in [-0.39, 0.29) is 24.8 Å². The van der Waals surface area contributed by atoms with Crippen molar-refractivity contribution in [1.82, 2.24) is 25.2 Å². The van der Waals surface area contributed by atoms with Crippen LogP contribution in [0.15, 0.2) is 43.0 Å². The number of nitrogens with one attached hydrogen (secondary N) is 1. The van der Waals surface area contributed by atoms with Gasteiger partial charge in [-0.1, -0.05) is 6.07 Å². The maximum atomic E-state index is 5.65. The Balaban J connectivity index is 0.00000193. The molecule has 178 valence electrons. The highest BCUT2D eigenvalue weighted by molar-refractivity contribution is 7.80. The van der Waals surface area contributed by atoms with E-state index in [0.29, 0.717) is 18.0 Å². The van der Waals surface area contributed by atoms with Gasteiger partial charge in [0.2, 0.25) is 0 Å². The molecule has 0 bridgehead atoms. The van der Waals surface area contributed by atoms with E-state index in [2.05, 4.69) is 30.1 Å². The lowest BCUT2D eigenvalue weighted by molar-refractivity contribution is 0.356. The van der Waals surface area contributed by atoms with E-state index in [1.165, 1.54) is 0 Å². The SMILES string of the molecule is COc1cc2ncnc(N3CCCN(C(=S)NCc4cccnc4)CC3)c2cc1OC.Cl.Cl. The predicted octanol–water partition coefficient (Wildman–Crippen LogP) is 3.47. The Morgan fingerprint density at radius 3 is 2.58 bits per heavy atom. The maximum absolute atomic E-state index is 5.65. The molecule has 0 aliphatic carbocycles. The first-order valence-electron chi connectivity index (χ1n) is 10.2. The molecule has 0 unspecified atom stereocenters. The number of anilines is 1. The first kappa shape index (κ1) is 26.6. The van der Waals surface area contributed by atoms with E-state index in [0.717, 1.165) is 60.0 Å². The second-order valence-corrected chi connectivity index (χ2v) is 7.66. The lowest BCUT2D eigenvalue weighted by Crippen LogP contribution is -2.41. The quantitative estimate of drug-likeness (QED) is 0.519. The molecule has 11 heteroatoms. The minimum atomic E-state index is 0. The number of hydrogen-bond acceptors (Lipinski definition) is 7. The molecule has 0 radical (unpaired) electrons. The molecule has 1 fully saturated rings. The van der Waals surface area contributed by atoms with Gasteiger partial charge in [0, 0.05) is 56.6 Å². The number of ether oxygens (including phenoxy) is 2. The standard InChI is InChI=1S/C22H26N6O2S.2ClH/c1-29-19-11-17-18(12-20(19)30-2)25-15-26-21(17)27-7-4-8-28(10-9-27)22(31)24-14-16-5-3-6-23-13-16;;/h3,5-6,11-13,15H,4,7-10,14H2,1-2H3,(H,24,31);2*1H. The largest absolute Gasteiger partial charge is 0.493 e. The summed E-state index contributed by atoms with van der Waals surface area (Å²) in [5, 5.41) is 5.07. The Labute approximate surface area is 211 Å². The number of nitrogens with zero attached hydrogens (tertiary/aromatic N) is 5. The summed E-state index contributed by atoms with van der Waals surface area (Å²) < 4.78 is 10.9. The molecule has 0 amide bonds. The van der Waals surface area contributed by atoms with Crippen molar-refractivity contribution in [2.24, 2.45) is 0 Å². The third-order valence-electron chi connectivity index (χ3n) is 5.37. The van der Waals surface area contributed by atoms with E-state index >= 15 is 0 Å². The number of hydrogen-bond donors (Lipinski definition) is 1. The van der Waals surface area contributed by atoms with Gasteiger partial charge in [-0.05, 0) is 36.3 Å². The number of thiocarbonyl (C=S) groups is 1. The summed E-state index contributed by atoms with van der Waals surface area (Å²) in [6.07, 6.45) is 6.21. The minimum Gasteiger partial charge on any atom is -0.493 e. The first-order chi connectivity index (χ1) is 15.2. The van der Waals surface area contributed by atoms with Gasteiger partial charge in [0.1, 0.15) is 12.1 Å². The molecule has 3 heterocycles. The lowest BCUT2D eigenvalue weighted by Gasteiger charge is -2.25. The first-order valence-corrected chi connectivity index (χ1v) is 10.6.